The topological polar surface area (TPSA) is 48.5 Å². The lowest BCUT2D eigenvalue weighted by Crippen LogP contribution is -2.47. The average molecular weight is 179 g/mol. The monoisotopic (exact) mass is 179 g/mol. The number of rotatable bonds is 6. The Hall–Kier alpha value is -0.160. The van der Waals surface area contributed by atoms with Gasteiger partial charge in [-0.25, -0.2) is 0 Å². The van der Waals surface area contributed by atoms with Gasteiger partial charge in [-0.3, -0.25) is 0 Å². The maximum atomic E-state index is 5.48. The van der Waals surface area contributed by atoms with Gasteiger partial charge in [-0.1, -0.05) is 0 Å². The molecule has 0 aliphatic rings. The van der Waals surface area contributed by atoms with Gasteiger partial charge in [-0.05, 0) is 32.5 Å². The highest BCUT2D eigenvalue weighted by Gasteiger charge is 2.25. The molecule has 4 heteroatoms. The molecule has 12 heavy (non-hydrogen) atoms. The predicted molar refractivity (Wildman–Crippen MR) is 46.5 cm³/mol. The number of hydrogen-bond acceptors (Lipinski definition) is 3. The largest absolute Gasteiger partial charge is 0.870 e. The van der Waals surface area contributed by atoms with E-state index >= 15 is 0 Å². The van der Waals surface area contributed by atoms with Crippen molar-refractivity contribution >= 4 is 0 Å². The lowest BCUT2D eigenvalue weighted by atomic mass is 10.6. The highest BCUT2D eigenvalue weighted by molar-refractivity contribution is 4.13. The molecule has 0 bridgehead atoms. The average Bonchev–Trinajstić information content (AvgIpc) is 2.04. The van der Waals surface area contributed by atoms with Crippen LogP contribution in [0.25, 0.3) is 0 Å². The number of quaternary nitrogens is 1. The van der Waals surface area contributed by atoms with Crippen molar-refractivity contribution in [3.8, 4) is 0 Å². The molecule has 0 amide bonds. The van der Waals surface area contributed by atoms with Crippen LogP contribution in [0.15, 0.2) is 0 Å². The molecule has 4 nitrogen and oxygen atoms in total. The fourth-order valence-corrected chi connectivity index (χ4v) is 1.10. The van der Waals surface area contributed by atoms with Crippen molar-refractivity contribution < 1.29 is 20.0 Å². The number of hydroxylamine groups is 4. The Kier molecular flexibility index (Phi) is 8.97. The predicted octanol–water partition coefficient (Wildman–Crippen LogP) is 1.57. The molecule has 0 aromatic heterocycles. The van der Waals surface area contributed by atoms with Gasteiger partial charge in [0.25, 0.3) is 0 Å². The van der Waals surface area contributed by atoms with E-state index < -0.39 is 0 Å². The Labute approximate surface area is 74.9 Å². The molecule has 76 valence electrons. The molecular weight excluding hydrogens is 158 g/mol. The number of hydrogen-bond donors (Lipinski definition) is 0. The van der Waals surface area contributed by atoms with Crippen LogP contribution in [0.2, 0.25) is 0 Å². The first-order valence-corrected chi connectivity index (χ1v) is 4.40. The van der Waals surface area contributed by atoms with Gasteiger partial charge in [-0.15, -0.1) is 0 Å². The van der Waals surface area contributed by atoms with Crippen LogP contribution in [0.3, 0.4) is 0 Å². The van der Waals surface area contributed by atoms with Crippen LogP contribution < -0.4 is 0 Å². The minimum absolute atomic E-state index is 0. The highest BCUT2D eigenvalue weighted by atomic mass is 17.0. The maximum absolute atomic E-state index is 5.48. The summed E-state index contributed by atoms with van der Waals surface area (Å²) in [5, 5.41) is 0. The molecule has 0 saturated carbocycles. The second-order valence-corrected chi connectivity index (χ2v) is 2.28. The Morgan fingerprint density at radius 3 is 1.33 bits per heavy atom. The summed E-state index contributed by atoms with van der Waals surface area (Å²) in [6.45, 7) is 11.2. The van der Waals surface area contributed by atoms with Crippen molar-refractivity contribution in [1.82, 2.24) is 0 Å². The van der Waals surface area contributed by atoms with E-state index in [1.165, 1.54) is 0 Å². The third kappa shape index (κ3) is 4.01. The molecule has 0 radical (unpaired) electrons. The minimum atomic E-state index is 0. The molecule has 0 aromatic carbocycles. The van der Waals surface area contributed by atoms with E-state index in [1.54, 1.807) is 0 Å². The molecule has 0 saturated heterocycles. The lowest BCUT2D eigenvalue weighted by molar-refractivity contribution is -1.24. The van der Waals surface area contributed by atoms with Gasteiger partial charge in [0.05, 0.1) is 0 Å². The SMILES string of the molecule is CCO[N+](CC)(CC)OCC.[OH-]. The summed E-state index contributed by atoms with van der Waals surface area (Å²) >= 11 is 0. The van der Waals surface area contributed by atoms with Gasteiger partial charge in [-0.2, -0.15) is 9.68 Å². The van der Waals surface area contributed by atoms with E-state index in [1.807, 2.05) is 13.8 Å². The van der Waals surface area contributed by atoms with Gasteiger partial charge in [0, 0.05) is 0 Å². The maximum Gasteiger partial charge on any atom is 0.139 e. The second-order valence-electron chi connectivity index (χ2n) is 2.28. The molecule has 0 aliphatic carbocycles. The summed E-state index contributed by atoms with van der Waals surface area (Å²) in [5.41, 5.74) is 0. The molecule has 0 unspecified atom stereocenters. The van der Waals surface area contributed by atoms with Gasteiger partial charge in [0.2, 0.25) is 0 Å². The van der Waals surface area contributed by atoms with E-state index in [4.69, 9.17) is 9.68 Å². The molecular formula is C8H21NO3. The molecule has 0 spiro atoms. The third-order valence-electron chi connectivity index (χ3n) is 1.69. The summed E-state index contributed by atoms with van der Waals surface area (Å²) in [4.78, 5) is 11.3. The first kappa shape index (κ1) is 14.4. The van der Waals surface area contributed by atoms with Crippen molar-refractivity contribution in [2.75, 3.05) is 26.3 Å². The fourth-order valence-electron chi connectivity index (χ4n) is 1.10. The normalized spacial score (nSPS) is 11.0. The Bertz CT molecular complexity index is 86.3. The first-order valence-electron chi connectivity index (χ1n) is 4.40. The zero-order valence-corrected chi connectivity index (χ0v) is 8.54. The zero-order valence-electron chi connectivity index (χ0n) is 8.54. The van der Waals surface area contributed by atoms with Crippen LogP contribution in [-0.2, 0) is 9.68 Å². The van der Waals surface area contributed by atoms with Crippen molar-refractivity contribution in [3.05, 3.63) is 0 Å². The molecule has 0 aromatic rings. The van der Waals surface area contributed by atoms with E-state index in [2.05, 4.69) is 13.8 Å². The number of nitrogens with zero attached hydrogens (tertiary/aromatic N) is 1. The van der Waals surface area contributed by atoms with Crippen LogP contribution in [0, 0.1) is 0 Å². The zero-order chi connectivity index (χ0) is 8.74. The van der Waals surface area contributed by atoms with E-state index in [-0.39, 0.29) is 5.48 Å². The van der Waals surface area contributed by atoms with Crippen LogP contribution in [0.5, 0.6) is 0 Å². The van der Waals surface area contributed by atoms with Crippen molar-refractivity contribution in [1.29, 1.82) is 0 Å². The molecule has 0 atom stereocenters. The highest BCUT2D eigenvalue weighted by Crippen LogP contribution is 2.08. The van der Waals surface area contributed by atoms with Gasteiger partial charge in [0.1, 0.15) is 26.3 Å². The van der Waals surface area contributed by atoms with E-state index in [0.717, 1.165) is 13.1 Å². The molecule has 0 aliphatic heterocycles. The molecule has 0 fully saturated rings. The molecule has 1 N–H and O–H groups in total. The van der Waals surface area contributed by atoms with Gasteiger partial charge < -0.3 is 5.48 Å². The minimum Gasteiger partial charge on any atom is -0.870 e. The summed E-state index contributed by atoms with van der Waals surface area (Å²) in [7, 11) is 0. The Morgan fingerprint density at radius 2 is 1.17 bits per heavy atom. The smallest absolute Gasteiger partial charge is 0.139 e. The van der Waals surface area contributed by atoms with Crippen molar-refractivity contribution in [2.24, 2.45) is 0 Å². The van der Waals surface area contributed by atoms with Crippen molar-refractivity contribution in [3.63, 3.8) is 0 Å². The summed E-state index contributed by atoms with van der Waals surface area (Å²) < 4.78 is 0. The standard InChI is InChI=1S/C8H20NO2.H2O/c1-5-9(6-2,10-7-3)11-8-4;/h5-8H2,1-4H3;1H2/q+1;/p-1. The van der Waals surface area contributed by atoms with Crippen molar-refractivity contribution in [2.45, 2.75) is 27.7 Å². The summed E-state index contributed by atoms with van der Waals surface area (Å²) in [6, 6.07) is 0. The quantitative estimate of drug-likeness (QED) is 0.459. The van der Waals surface area contributed by atoms with Crippen LogP contribution in [0.4, 0.5) is 0 Å². The third-order valence-corrected chi connectivity index (χ3v) is 1.69. The fraction of sp³-hybridized carbons (Fsp3) is 1.00. The van der Waals surface area contributed by atoms with Crippen LogP contribution in [0.1, 0.15) is 27.7 Å². The van der Waals surface area contributed by atoms with Gasteiger partial charge in [0.15, 0.2) is 0 Å². The van der Waals surface area contributed by atoms with Crippen LogP contribution in [-0.4, -0.2) is 36.6 Å². The molecule has 0 heterocycles. The lowest BCUT2D eigenvalue weighted by Gasteiger charge is -2.29. The van der Waals surface area contributed by atoms with Crippen LogP contribution >= 0.6 is 0 Å². The van der Waals surface area contributed by atoms with E-state index in [0.29, 0.717) is 18.0 Å². The van der Waals surface area contributed by atoms with Gasteiger partial charge >= 0.3 is 0 Å². The Balaban J connectivity index is 0. The summed E-state index contributed by atoms with van der Waals surface area (Å²) in [6.07, 6.45) is 0. The first-order chi connectivity index (χ1) is 5.24. The van der Waals surface area contributed by atoms with E-state index in [9.17, 15) is 0 Å². The second kappa shape index (κ2) is 7.49. The molecule has 0 rings (SSSR count). The summed E-state index contributed by atoms with van der Waals surface area (Å²) in [5.74, 6) is 0. The Morgan fingerprint density at radius 1 is 0.833 bits per heavy atom.